The fourth-order valence-electron chi connectivity index (χ4n) is 5.17. The zero-order valence-electron chi connectivity index (χ0n) is 22.9. The van der Waals surface area contributed by atoms with Gasteiger partial charge in [0.2, 0.25) is 20.0 Å². The molecule has 4 N–H and O–H groups in total. The number of carbonyl (C=O) groups is 2. The van der Waals surface area contributed by atoms with Gasteiger partial charge in [0, 0.05) is 13.1 Å². The first-order chi connectivity index (χ1) is 19.8. The highest BCUT2D eigenvalue weighted by molar-refractivity contribution is 7.89. The van der Waals surface area contributed by atoms with E-state index in [4.69, 9.17) is 30.4 Å². The number of fused-ring (bicyclic) bond motifs is 2. The van der Waals surface area contributed by atoms with Gasteiger partial charge in [-0.05, 0) is 38.1 Å². The average molecular weight is 625 g/mol. The standard InChI is InChI=1S/2C13H16N2O5S/c2*1-8-2-4-9(5-3-8)21(17,18)15-6-11-12(20-11)10(15)7-19-13(14)16/h2*2-5,10-12H,6-7H2,1H3,(H2,14,16)/t2*10-,11+,12-/m11/s1. The van der Waals surface area contributed by atoms with Crippen molar-refractivity contribution < 1.29 is 45.4 Å². The average Bonchev–Trinajstić information content (AvgIpc) is 3.82. The molecule has 4 aliphatic heterocycles. The molecule has 4 fully saturated rings. The molecule has 0 aromatic heterocycles. The summed E-state index contributed by atoms with van der Waals surface area (Å²) >= 11 is 0. The number of ether oxygens (including phenoxy) is 4. The van der Waals surface area contributed by atoms with Crippen LogP contribution in [-0.4, -0.2) is 100 Å². The van der Waals surface area contributed by atoms with Crippen molar-refractivity contribution in [3.05, 3.63) is 59.7 Å². The second kappa shape index (κ2) is 11.4. The number of primary amides is 2. The Hall–Kier alpha value is -3.28. The van der Waals surface area contributed by atoms with Crippen LogP contribution in [0.15, 0.2) is 58.3 Å². The Morgan fingerprint density at radius 3 is 1.36 bits per heavy atom. The van der Waals surface area contributed by atoms with E-state index in [9.17, 15) is 26.4 Å². The zero-order valence-corrected chi connectivity index (χ0v) is 24.5. The van der Waals surface area contributed by atoms with E-state index in [1.54, 1.807) is 48.5 Å². The Bertz CT molecular complexity index is 1430. The van der Waals surface area contributed by atoms with Crippen molar-refractivity contribution in [3.63, 3.8) is 0 Å². The molecule has 2 aromatic rings. The molecule has 4 saturated heterocycles. The highest BCUT2D eigenvalue weighted by Gasteiger charge is 2.59. The summed E-state index contributed by atoms with van der Waals surface area (Å²) in [5.74, 6) is 0. The molecule has 0 aliphatic carbocycles. The van der Waals surface area contributed by atoms with Gasteiger partial charge in [-0.2, -0.15) is 8.61 Å². The largest absolute Gasteiger partial charge is 0.448 e. The number of carbonyl (C=O) groups excluding carboxylic acids is 2. The normalized spacial score (nSPS) is 28.1. The monoisotopic (exact) mass is 624 g/mol. The van der Waals surface area contributed by atoms with Crippen LogP contribution in [0.1, 0.15) is 11.1 Å². The molecule has 4 aliphatic rings. The first-order valence-electron chi connectivity index (χ1n) is 13.1. The van der Waals surface area contributed by atoms with E-state index < -0.39 is 44.3 Å². The fourth-order valence-corrected chi connectivity index (χ4v) is 8.43. The molecule has 16 heteroatoms. The molecular formula is C26H32N4O10S2. The van der Waals surface area contributed by atoms with Crippen LogP contribution in [0.2, 0.25) is 0 Å². The second-order valence-electron chi connectivity index (χ2n) is 10.4. The van der Waals surface area contributed by atoms with Crippen LogP contribution in [-0.2, 0) is 39.0 Å². The van der Waals surface area contributed by atoms with Gasteiger partial charge in [0.05, 0.1) is 34.1 Å². The van der Waals surface area contributed by atoms with Crippen LogP contribution in [0.25, 0.3) is 0 Å². The quantitative estimate of drug-likeness (QED) is 0.388. The lowest BCUT2D eigenvalue weighted by atomic mass is 10.2. The molecule has 0 unspecified atom stereocenters. The van der Waals surface area contributed by atoms with Crippen molar-refractivity contribution >= 4 is 32.2 Å². The molecule has 228 valence electrons. The Morgan fingerprint density at radius 2 is 1.05 bits per heavy atom. The summed E-state index contributed by atoms with van der Waals surface area (Å²) in [5.41, 5.74) is 11.8. The number of benzene rings is 2. The van der Waals surface area contributed by atoms with Crippen LogP contribution >= 0.6 is 0 Å². The third-order valence-electron chi connectivity index (χ3n) is 7.51. The number of morpholine rings is 2. The number of sulfonamides is 2. The van der Waals surface area contributed by atoms with Gasteiger partial charge in [0.15, 0.2) is 0 Å². The minimum absolute atomic E-state index is 0.0956. The number of aryl methyl sites for hydroxylation is 2. The molecule has 2 aromatic carbocycles. The van der Waals surface area contributed by atoms with Gasteiger partial charge < -0.3 is 30.4 Å². The minimum Gasteiger partial charge on any atom is -0.448 e. The third-order valence-corrected chi connectivity index (χ3v) is 11.3. The SMILES string of the molecule is Cc1ccc(S(=O)(=O)N2C[C@@H]3O[C@@H]3[C@H]2COC(N)=O)cc1.Cc1ccc(S(=O)(=O)N2C[C@@H]3O[C@@H]3[C@H]2COC(N)=O)cc1. The van der Waals surface area contributed by atoms with Gasteiger partial charge in [-0.3, -0.25) is 0 Å². The molecule has 2 amide bonds. The summed E-state index contributed by atoms with van der Waals surface area (Å²) in [4.78, 5) is 21.9. The lowest BCUT2D eigenvalue weighted by Crippen LogP contribution is -2.43. The summed E-state index contributed by atoms with van der Waals surface area (Å²) in [7, 11) is -7.27. The fraction of sp³-hybridized carbons (Fsp3) is 0.462. The molecule has 6 rings (SSSR count). The molecule has 6 atom stereocenters. The van der Waals surface area contributed by atoms with Crippen molar-refractivity contribution in [1.29, 1.82) is 0 Å². The van der Waals surface area contributed by atoms with E-state index in [1.165, 1.54) is 8.61 Å². The molecule has 0 spiro atoms. The first kappa shape index (κ1) is 30.2. The van der Waals surface area contributed by atoms with Crippen molar-refractivity contribution in [2.45, 2.75) is 60.1 Å². The van der Waals surface area contributed by atoms with E-state index in [1.807, 2.05) is 13.8 Å². The van der Waals surface area contributed by atoms with Crippen LogP contribution in [0, 0.1) is 13.8 Å². The Labute approximate surface area is 243 Å². The molecule has 14 nitrogen and oxygen atoms in total. The topological polar surface area (TPSA) is 204 Å². The van der Waals surface area contributed by atoms with Gasteiger partial charge in [0.25, 0.3) is 0 Å². The molecule has 0 bridgehead atoms. The van der Waals surface area contributed by atoms with Crippen molar-refractivity contribution in [2.24, 2.45) is 11.5 Å². The van der Waals surface area contributed by atoms with Gasteiger partial charge in [-0.25, -0.2) is 26.4 Å². The third kappa shape index (κ3) is 6.23. The number of epoxide rings is 2. The number of hydrogen-bond donors (Lipinski definition) is 2. The number of rotatable bonds is 8. The number of nitrogens with zero attached hydrogens (tertiary/aromatic N) is 2. The zero-order chi connectivity index (χ0) is 30.4. The highest BCUT2D eigenvalue weighted by atomic mass is 32.2. The van der Waals surface area contributed by atoms with Crippen molar-refractivity contribution in [1.82, 2.24) is 8.61 Å². The maximum atomic E-state index is 12.7. The molecule has 4 heterocycles. The Kier molecular flexibility index (Phi) is 8.21. The molecular weight excluding hydrogens is 592 g/mol. The second-order valence-corrected chi connectivity index (χ2v) is 14.2. The van der Waals surface area contributed by atoms with Gasteiger partial charge in [0.1, 0.15) is 25.4 Å². The smallest absolute Gasteiger partial charge is 0.404 e. The van der Waals surface area contributed by atoms with Crippen molar-refractivity contribution in [3.8, 4) is 0 Å². The van der Waals surface area contributed by atoms with Gasteiger partial charge in [-0.15, -0.1) is 0 Å². The van der Waals surface area contributed by atoms with Crippen LogP contribution in [0.3, 0.4) is 0 Å². The summed E-state index contributed by atoms with van der Waals surface area (Å²) in [6, 6.07) is 12.2. The number of hydrogen-bond acceptors (Lipinski definition) is 10. The lowest BCUT2D eigenvalue weighted by Gasteiger charge is -2.25. The van der Waals surface area contributed by atoms with Crippen LogP contribution in [0.4, 0.5) is 9.59 Å². The summed E-state index contributed by atoms with van der Waals surface area (Å²) in [6.45, 7) is 4.13. The summed E-state index contributed by atoms with van der Waals surface area (Å²) in [6.07, 6.45) is -2.52. The molecule has 42 heavy (non-hydrogen) atoms. The van der Waals surface area contributed by atoms with Crippen molar-refractivity contribution in [2.75, 3.05) is 26.3 Å². The Morgan fingerprint density at radius 1 is 0.714 bits per heavy atom. The number of nitrogens with two attached hydrogens (primary N) is 2. The maximum Gasteiger partial charge on any atom is 0.404 e. The van der Waals surface area contributed by atoms with E-state index >= 15 is 0 Å². The van der Waals surface area contributed by atoms with E-state index in [0.717, 1.165) is 11.1 Å². The van der Waals surface area contributed by atoms with E-state index in [-0.39, 0.29) is 60.5 Å². The molecule has 0 saturated carbocycles. The predicted molar refractivity (Wildman–Crippen MR) is 146 cm³/mol. The van der Waals surface area contributed by atoms with Gasteiger partial charge >= 0.3 is 12.2 Å². The first-order valence-corrected chi connectivity index (χ1v) is 16.0. The van der Waals surface area contributed by atoms with Crippen LogP contribution in [0.5, 0.6) is 0 Å². The predicted octanol–water partition coefficient (Wildman–Crippen LogP) is 0.461. The van der Waals surface area contributed by atoms with E-state index in [0.29, 0.717) is 0 Å². The van der Waals surface area contributed by atoms with Gasteiger partial charge in [-0.1, -0.05) is 35.4 Å². The van der Waals surface area contributed by atoms with E-state index in [2.05, 4.69) is 0 Å². The number of amides is 2. The summed E-state index contributed by atoms with van der Waals surface area (Å²) < 4.78 is 73.5. The highest BCUT2D eigenvalue weighted by Crippen LogP contribution is 2.40. The minimum atomic E-state index is -3.63. The maximum absolute atomic E-state index is 12.7. The summed E-state index contributed by atoms with van der Waals surface area (Å²) in [5, 5.41) is 0. The van der Waals surface area contributed by atoms with Crippen LogP contribution < -0.4 is 11.5 Å². The molecule has 0 radical (unpaired) electrons. The lowest BCUT2D eigenvalue weighted by molar-refractivity contribution is 0.110. The Balaban J connectivity index is 0.000000168.